The number of carbonyl (C=O) groups excluding carboxylic acids is 1. The predicted octanol–water partition coefficient (Wildman–Crippen LogP) is 4.33. The van der Waals surface area contributed by atoms with Crippen LogP contribution in [0.1, 0.15) is 55.2 Å². The van der Waals surface area contributed by atoms with Crippen LogP contribution in [0.15, 0.2) is 48.8 Å². The molecule has 25 heavy (non-hydrogen) atoms. The third-order valence-corrected chi connectivity index (χ3v) is 5.71. The third-order valence-electron chi connectivity index (χ3n) is 5.71. The van der Waals surface area contributed by atoms with Crippen molar-refractivity contribution in [1.82, 2.24) is 9.88 Å². The SMILES string of the molecule is CCCC1C(c2ccncc2C)C(c2ccccc2)C(C(C)=O)N1C. The van der Waals surface area contributed by atoms with Crippen LogP contribution in [0.3, 0.4) is 0 Å². The number of nitrogens with zero attached hydrogens (tertiary/aromatic N) is 2. The summed E-state index contributed by atoms with van der Waals surface area (Å²) in [5.74, 6) is 0.747. The van der Waals surface area contributed by atoms with Crippen LogP contribution in [-0.2, 0) is 4.79 Å². The monoisotopic (exact) mass is 336 g/mol. The van der Waals surface area contributed by atoms with E-state index >= 15 is 0 Å². The summed E-state index contributed by atoms with van der Waals surface area (Å²) in [4.78, 5) is 19.2. The highest BCUT2D eigenvalue weighted by atomic mass is 16.1. The minimum Gasteiger partial charge on any atom is -0.298 e. The lowest BCUT2D eigenvalue weighted by Gasteiger charge is -2.28. The first-order valence-electron chi connectivity index (χ1n) is 9.24. The van der Waals surface area contributed by atoms with Gasteiger partial charge in [0.05, 0.1) is 6.04 Å². The lowest BCUT2D eigenvalue weighted by atomic mass is 9.75. The number of likely N-dealkylation sites (tertiary alicyclic amines) is 1. The van der Waals surface area contributed by atoms with Crippen LogP contribution in [-0.4, -0.2) is 34.8 Å². The maximum Gasteiger partial charge on any atom is 0.147 e. The van der Waals surface area contributed by atoms with Crippen molar-refractivity contribution in [3.8, 4) is 0 Å². The molecule has 3 rings (SSSR count). The number of benzene rings is 1. The summed E-state index contributed by atoms with van der Waals surface area (Å²) in [6, 6.07) is 13.0. The Kier molecular flexibility index (Phi) is 5.33. The standard InChI is InChI=1S/C22H28N2O/c1-5-9-19-21(18-12-13-23-14-15(18)2)20(17-10-7-6-8-11-17)22(16(3)25)24(19)4/h6-8,10-14,19-22H,5,9H2,1-4H3. The highest BCUT2D eigenvalue weighted by Crippen LogP contribution is 2.49. The molecule has 0 radical (unpaired) electrons. The van der Waals surface area contributed by atoms with E-state index in [1.165, 1.54) is 16.7 Å². The van der Waals surface area contributed by atoms with Crippen LogP contribution in [0, 0.1) is 6.92 Å². The molecule has 2 heterocycles. The van der Waals surface area contributed by atoms with E-state index in [4.69, 9.17) is 0 Å². The van der Waals surface area contributed by atoms with Crippen LogP contribution in [0.5, 0.6) is 0 Å². The molecule has 0 N–H and O–H groups in total. The summed E-state index contributed by atoms with van der Waals surface area (Å²) < 4.78 is 0. The van der Waals surface area contributed by atoms with Crippen LogP contribution in [0.2, 0.25) is 0 Å². The molecule has 0 saturated carbocycles. The molecule has 1 saturated heterocycles. The predicted molar refractivity (Wildman–Crippen MR) is 102 cm³/mol. The molecule has 3 nitrogen and oxygen atoms in total. The second-order valence-electron chi connectivity index (χ2n) is 7.27. The molecule has 0 amide bonds. The number of hydrogen-bond donors (Lipinski definition) is 0. The molecule has 132 valence electrons. The maximum atomic E-state index is 12.6. The van der Waals surface area contributed by atoms with Gasteiger partial charge in [0.2, 0.25) is 0 Å². The van der Waals surface area contributed by atoms with Crippen molar-refractivity contribution < 1.29 is 4.79 Å². The minimum absolute atomic E-state index is 0.0727. The van der Waals surface area contributed by atoms with E-state index in [2.05, 4.69) is 61.1 Å². The Labute approximate surface area is 151 Å². The van der Waals surface area contributed by atoms with Gasteiger partial charge in [-0.15, -0.1) is 0 Å². The Morgan fingerprint density at radius 3 is 2.48 bits per heavy atom. The van der Waals surface area contributed by atoms with Crippen LogP contribution < -0.4 is 0 Å². The topological polar surface area (TPSA) is 33.2 Å². The summed E-state index contributed by atoms with van der Waals surface area (Å²) in [7, 11) is 2.12. The molecule has 1 aliphatic rings. The maximum absolute atomic E-state index is 12.6. The van der Waals surface area contributed by atoms with Crippen LogP contribution >= 0.6 is 0 Å². The number of hydrogen-bond acceptors (Lipinski definition) is 3. The first-order chi connectivity index (χ1) is 12.1. The third kappa shape index (κ3) is 3.25. The van der Waals surface area contributed by atoms with Gasteiger partial charge in [0.15, 0.2) is 0 Å². The van der Waals surface area contributed by atoms with Gasteiger partial charge in [-0.25, -0.2) is 0 Å². The van der Waals surface area contributed by atoms with E-state index in [0.29, 0.717) is 12.0 Å². The van der Waals surface area contributed by atoms with Gasteiger partial charge >= 0.3 is 0 Å². The summed E-state index contributed by atoms with van der Waals surface area (Å²) in [5.41, 5.74) is 3.81. The zero-order valence-electron chi connectivity index (χ0n) is 15.6. The first kappa shape index (κ1) is 17.8. The Bertz CT molecular complexity index is 728. The Balaban J connectivity index is 2.17. The van der Waals surface area contributed by atoms with Crippen molar-refractivity contribution in [2.75, 3.05) is 7.05 Å². The van der Waals surface area contributed by atoms with Gasteiger partial charge < -0.3 is 0 Å². The number of likely N-dealkylation sites (N-methyl/N-ethyl adjacent to an activating group) is 1. The van der Waals surface area contributed by atoms with Gasteiger partial charge in [0.1, 0.15) is 5.78 Å². The Morgan fingerprint density at radius 1 is 1.16 bits per heavy atom. The van der Waals surface area contributed by atoms with Gasteiger partial charge in [0.25, 0.3) is 0 Å². The van der Waals surface area contributed by atoms with Crippen molar-refractivity contribution in [3.05, 3.63) is 65.5 Å². The second kappa shape index (κ2) is 7.49. The summed E-state index contributed by atoms with van der Waals surface area (Å²) in [6.45, 7) is 6.10. The molecule has 1 aliphatic heterocycles. The van der Waals surface area contributed by atoms with Gasteiger partial charge in [0, 0.05) is 30.3 Å². The highest BCUT2D eigenvalue weighted by Gasteiger charge is 2.49. The number of pyridine rings is 1. The molecule has 2 aromatic rings. The van der Waals surface area contributed by atoms with Gasteiger partial charge in [-0.1, -0.05) is 43.7 Å². The molecule has 1 aromatic carbocycles. The zero-order chi connectivity index (χ0) is 18.0. The van der Waals surface area contributed by atoms with E-state index in [9.17, 15) is 4.79 Å². The average molecular weight is 336 g/mol. The smallest absolute Gasteiger partial charge is 0.147 e. The number of aryl methyl sites for hydroxylation is 1. The number of ketones is 1. The summed E-state index contributed by atoms with van der Waals surface area (Å²) in [5, 5.41) is 0. The molecular weight excluding hydrogens is 308 g/mol. The zero-order valence-corrected chi connectivity index (χ0v) is 15.6. The molecule has 4 atom stereocenters. The molecule has 0 bridgehead atoms. The molecule has 0 aliphatic carbocycles. The van der Waals surface area contributed by atoms with E-state index in [0.717, 1.165) is 12.8 Å². The van der Waals surface area contributed by atoms with E-state index < -0.39 is 0 Å². The van der Waals surface area contributed by atoms with Crippen molar-refractivity contribution >= 4 is 5.78 Å². The van der Waals surface area contributed by atoms with Crippen LogP contribution in [0.4, 0.5) is 0 Å². The van der Waals surface area contributed by atoms with Crippen molar-refractivity contribution in [1.29, 1.82) is 0 Å². The van der Waals surface area contributed by atoms with Crippen molar-refractivity contribution in [3.63, 3.8) is 0 Å². The van der Waals surface area contributed by atoms with Gasteiger partial charge in [-0.3, -0.25) is 14.7 Å². The number of carbonyl (C=O) groups is 1. The Morgan fingerprint density at radius 2 is 1.88 bits per heavy atom. The lowest BCUT2D eigenvalue weighted by Crippen LogP contribution is -2.38. The fourth-order valence-electron chi connectivity index (χ4n) is 4.69. The Hall–Kier alpha value is -2.00. The second-order valence-corrected chi connectivity index (χ2v) is 7.27. The first-order valence-corrected chi connectivity index (χ1v) is 9.24. The number of rotatable bonds is 5. The molecular formula is C22H28N2O. The number of Topliss-reactive ketones (excluding diaryl/α,β-unsaturated/α-hetero) is 1. The van der Waals surface area contributed by atoms with E-state index in [1.54, 1.807) is 6.92 Å². The number of aromatic nitrogens is 1. The fourth-order valence-corrected chi connectivity index (χ4v) is 4.69. The van der Waals surface area contributed by atoms with E-state index in [-0.39, 0.29) is 17.7 Å². The molecule has 1 aromatic heterocycles. The van der Waals surface area contributed by atoms with Crippen LogP contribution in [0.25, 0.3) is 0 Å². The average Bonchev–Trinajstić information content (AvgIpc) is 2.89. The molecule has 4 unspecified atom stereocenters. The summed E-state index contributed by atoms with van der Waals surface area (Å²) in [6.07, 6.45) is 6.04. The molecule has 1 fully saturated rings. The highest BCUT2D eigenvalue weighted by molar-refractivity contribution is 5.83. The molecule has 3 heteroatoms. The fraction of sp³-hybridized carbons (Fsp3) is 0.455. The molecule has 0 spiro atoms. The van der Waals surface area contributed by atoms with Crippen molar-refractivity contribution in [2.45, 2.75) is 57.5 Å². The summed E-state index contributed by atoms with van der Waals surface area (Å²) >= 11 is 0. The largest absolute Gasteiger partial charge is 0.298 e. The van der Waals surface area contributed by atoms with Gasteiger partial charge in [-0.05, 0) is 50.1 Å². The van der Waals surface area contributed by atoms with Gasteiger partial charge in [-0.2, -0.15) is 0 Å². The lowest BCUT2D eigenvalue weighted by molar-refractivity contribution is -0.121. The van der Waals surface area contributed by atoms with E-state index in [1.807, 2.05) is 18.5 Å². The normalized spacial score (nSPS) is 26.7. The quantitative estimate of drug-likeness (QED) is 0.815. The minimum atomic E-state index is -0.0727. The van der Waals surface area contributed by atoms with Crippen molar-refractivity contribution in [2.24, 2.45) is 0 Å².